The number of nitrogens with zero attached hydrogens (tertiary/aromatic N) is 7. The zero-order chi connectivity index (χ0) is 22.2. The molecule has 0 N–H and O–H groups in total. The number of hydrogen-bond acceptors (Lipinski definition) is 7. The summed E-state index contributed by atoms with van der Waals surface area (Å²) in [6.45, 7) is 2.22. The molecule has 1 amide bonds. The minimum atomic E-state index is -3.93. The molecule has 1 saturated heterocycles. The van der Waals surface area contributed by atoms with Crippen LogP contribution in [0.3, 0.4) is 0 Å². The van der Waals surface area contributed by atoms with Crippen LogP contribution in [0.4, 0.5) is 10.2 Å². The topological polar surface area (TPSA) is 104 Å². The van der Waals surface area contributed by atoms with Crippen molar-refractivity contribution >= 4 is 27.4 Å². The van der Waals surface area contributed by atoms with Gasteiger partial charge in [0, 0.05) is 40.3 Å². The minimum Gasteiger partial charge on any atom is -0.352 e. The highest BCUT2D eigenvalue weighted by Crippen LogP contribution is 2.20. The lowest BCUT2D eigenvalue weighted by Crippen LogP contribution is -2.49. The summed E-state index contributed by atoms with van der Waals surface area (Å²) < 4.78 is 41.2. The summed E-state index contributed by atoms with van der Waals surface area (Å²) in [6, 6.07) is 7.46. The Balaban J connectivity index is 1.41. The van der Waals surface area contributed by atoms with Crippen molar-refractivity contribution in [3.63, 3.8) is 0 Å². The number of amides is 1. The average Bonchev–Trinajstić information content (AvgIpc) is 3.23. The van der Waals surface area contributed by atoms with E-state index in [1.54, 1.807) is 9.42 Å². The van der Waals surface area contributed by atoms with Gasteiger partial charge in [0.2, 0.25) is 15.9 Å². The molecule has 12 heteroatoms. The first-order chi connectivity index (χ1) is 14.8. The first-order valence-corrected chi connectivity index (χ1v) is 11.1. The second-order valence-electron chi connectivity index (χ2n) is 7.42. The van der Waals surface area contributed by atoms with Crippen molar-refractivity contribution in [2.45, 2.75) is 11.3 Å². The molecular formula is C19H22FN7O3S. The van der Waals surface area contributed by atoms with Crippen LogP contribution in [0, 0.1) is 5.82 Å². The molecule has 3 aromatic rings. The molecular weight excluding hydrogens is 425 g/mol. The Morgan fingerprint density at radius 1 is 1.13 bits per heavy atom. The summed E-state index contributed by atoms with van der Waals surface area (Å²) in [5.74, 6) is -0.200. The molecule has 4 rings (SSSR count). The van der Waals surface area contributed by atoms with Crippen molar-refractivity contribution in [3.8, 4) is 0 Å². The molecule has 0 atom stereocenters. The Bertz CT molecular complexity index is 1220. The Hall–Kier alpha value is -3.12. The lowest BCUT2D eigenvalue weighted by atomic mass is 10.1. The maximum Gasteiger partial charge on any atom is 0.245 e. The number of fused-ring (bicyclic) bond motifs is 1. The number of benzene rings is 1. The molecule has 0 radical (unpaired) electrons. The van der Waals surface area contributed by atoms with Gasteiger partial charge in [-0.25, -0.2) is 17.1 Å². The first-order valence-electron chi connectivity index (χ1n) is 9.66. The van der Waals surface area contributed by atoms with Gasteiger partial charge in [-0.3, -0.25) is 4.79 Å². The quantitative estimate of drug-likeness (QED) is 0.558. The third-order valence-corrected chi connectivity index (χ3v) is 7.04. The Labute approximate surface area is 178 Å². The molecule has 10 nitrogen and oxygen atoms in total. The van der Waals surface area contributed by atoms with Gasteiger partial charge in [-0.15, -0.1) is 15.3 Å². The fraction of sp³-hybridized carbons (Fsp3) is 0.368. The van der Waals surface area contributed by atoms with Crippen LogP contribution in [0.5, 0.6) is 0 Å². The van der Waals surface area contributed by atoms with Gasteiger partial charge in [0.15, 0.2) is 5.65 Å². The van der Waals surface area contributed by atoms with Gasteiger partial charge in [-0.05, 0) is 29.8 Å². The number of carbonyl (C=O) groups excluding carboxylic acids is 1. The molecule has 1 fully saturated rings. The zero-order valence-corrected chi connectivity index (χ0v) is 18.0. The Morgan fingerprint density at radius 3 is 2.58 bits per heavy atom. The normalized spacial score (nSPS) is 15.1. The van der Waals surface area contributed by atoms with E-state index in [0.717, 1.165) is 16.2 Å². The number of sulfonamides is 1. The lowest BCUT2D eigenvalue weighted by molar-refractivity contribution is -0.130. The summed E-state index contributed by atoms with van der Waals surface area (Å²) in [5, 5.41) is 12.2. The molecule has 31 heavy (non-hydrogen) atoms. The van der Waals surface area contributed by atoms with Gasteiger partial charge in [0.05, 0.1) is 6.42 Å². The van der Waals surface area contributed by atoms with E-state index in [1.807, 2.05) is 12.1 Å². The smallest absolute Gasteiger partial charge is 0.245 e. The first kappa shape index (κ1) is 21.1. The lowest BCUT2D eigenvalue weighted by Gasteiger charge is -2.35. The number of hydrogen-bond donors (Lipinski definition) is 0. The van der Waals surface area contributed by atoms with Crippen LogP contribution in [0.1, 0.15) is 5.56 Å². The fourth-order valence-electron chi connectivity index (χ4n) is 3.41. The minimum absolute atomic E-state index is 0.00113. The van der Waals surface area contributed by atoms with Gasteiger partial charge in [0.1, 0.15) is 22.9 Å². The molecule has 0 spiro atoms. The van der Waals surface area contributed by atoms with Crippen LogP contribution in [-0.2, 0) is 21.2 Å². The third-order valence-electron chi connectivity index (χ3n) is 5.21. The monoisotopic (exact) mass is 447 g/mol. The van der Waals surface area contributed by atoms with Gasteiger partial charge < -0.3 is 9.80 Å². The predicted molar refractivity (Wildman–Crippen MR) is 111 cm³/mol. The summed E-state index contributed by atoms with van der Waals surface area (Å²) >= 11 is 0. The maximum absolute atomic E-state index is 14.1. The molecule has 0 unspecified atom stereocenters. The van der Waals surface area contributed by atoms with Crippen molar-refractivity contribution in [2.75, 3.05) is 45.2 Å². The second kappa shape index (κ2) is 8.19. The van der Waals surface area contributed by atoms with Crippen LogP contribution in [-0.4, -0.2) is 83.6 Å². The van der Waals surface area contributed by atoms with Crippen molar-refractivity contribution < 1.29 is 17.6 Å². The SMILES string of the molecule is CN(C)S(=O)(=O)c1cc(CC(=O)N2CCN(c3ccc4nncn4n3)CC2)ccc1F. The van der Waals surface area contributed by atoms with Gasteiger partial charge in [-0.1, -0.05) is 6.07 Å². The van der Waals surface area contributed by atoms with Crippen molar-refractivity contribution in [3.05, 3.63) is 48.0 Å². The van der Waals surface area contributed by atoms with E-state index in [0.29, 0.717) is 37.4 Å². The number of anilines is 1. The van der Waals surface area contributed by atoms with Crippen LogP contribution in [0.2, 0.25) is 0 Å². The van der Waals surface area contributed by atoms with E-state index in [2.05, 4.69) is 20.2 Å². The molecule has 1 aliphatic heterocycles. The Kier molecular flexibility index (Phi) is 5.58. The third kappa shape index (κ3) is 4.21. The molecule has 0 aliphatic carbocycles. The van der Waals surface area contributed by atoms with E-state index in [4.69, 9.17) is 0 Å². The van der Waals surface area contributed by atoms with E-state index in [-0.39, 0.29) is 12.3 Å². The van der Waals surface area contributed by atoms with Crippen LogP contribution < -0.4 is 4.90 Å². The number of piperazine rings is 1. The number of rotatable bonds is 5. The summed E-state index contributed by atoms with van der Waals surface area (Å²) in [5.41, 5.74) is 1.11. The van der Waals surface area contributed by atoms with E-state index in [9.17, 15) is 17.6 Å². The van der Waals surface area contributed by atoms with Crippen molar-refractivity contribution in [1.29, 1.82) is 0 Å². The van der Waals surface area contributed by atoms with Crippen molar-refractivity contribution in [2.24, 2.45) is 0 Å². The summed E-state index contributed by atoms with van der Waals surface area (Å²) in [6.07, 6.45) is 1.53. The molecule has 2 aromatic heterocycles. The molecule has 1 aliphatic rings. The second-order valence-corrected chi connectivity index (χ2v) is 9.54. The van der Waals surface area contributed by atoms with Gasteiger partial charge >= 0.3 is 0 Å². The van der Waals surface area contributed by atoms with Crippen molar-refractivity contribution in [1.82, 2.24) is 29.0 Å². The van der Waals surface area contributed by atoms with Crippen LogP contribution >= 0.6 is 0 Å². The molecule has 0 saturated carbocycles. The molecule has 164 valence electrons. The fourth-order valence-corrected chi connectivity index (χ4v) is 4.42. The highest BCUT2D eigenvalue weighted by molar-refractivity contribution is 7.89. The standard InChI is InChI=1S/C19H22FN7O3S/c1-24(2)31(29,30)16-11-14(3-4-15(16)20)12-19(28)26-9-7-25(8-10-26)18-6-5-17-22-21-13-27(17)23-18/h3-6,11,13H,7-10,12H2,1-2H3. The highest BCUT2D eigenvalue weighted by atomic mass is 32.2. The highest BCUT2D eigenvalue weighted by Gasteiger charge is 2.25. The molecule has 3 heterocycles. The number of halogens is 1. The summed E-state index contributed by atoms with van der Waals surface area (Å²) in [4.78, 5) is 16.1. The van der Waals surface area contributed by atoms with Gasteiger partial charge in [0.25, 0.3) is 0 Å². The van der Waals surface area contributed by atoms with E-state index in [1.165, 1.54) is 32.6 Å². The van der Waals surface area contributed by atoms with Gasteiger partial charge in [-0.2, -0.15) is 4.52 Å². The number of carbonyl (C=O) groups is 1. The van der Waals surface area contributed by atoms with E-state index < -0.39 is 20.7 Å². The van der Waals surface area contributed by atoms with E-state index >= 15 is 0 Å². The predicted octanol–water partition coefficient (Wildman–Crippen LogP) is 0.405. The van der Waals surface area contributed by atoms with Crippen LogP contribution in [0.25, 0.3) is 5.65 Å². The zero-order valence-electron chi connectivity index (χ0n) is 17.1. The molecule has 0 bridgehead atoms. The average molecular weight is 447 g/mol. The largest absolute Gasteiger partial charge is 0.352 e. The Morgan fingerprint density at radius 2 is 1.87 bits per heavy atom. The number of aromatic nitrogens is 4. The maximum atomic E-state index is 14.1. The molecule has 1 aromatic carbocycles. The summed E-state index contributed by atoms with van der Waals surface area (Å²) in [7, 11) is -1.26. The van der Waals surface area contributed by atoms with Crippen LogP contribution in [0.15, 0.2) is 41.6 Å².